The topological polar surface area (TPSA) is 87.6 Å². The van der Waals surface area contributed by atoms with Crippen molar-refractivity contribution in [2.45, 2.75) is 18.7 Å². The van der Waals surface area contributed by atoms with E-state index >= 15 is 0 Å². The van der Waals surface area contributed by atoms with Crippen LogP contribution in [0.1, 0.15) is 11.1 Å². The minimum absolute atomic E-state index is 0.0520. The average Bonchev–Trinajstić information content (AvgIpc) is 2.56. The number of hydrogen-bond acceptors (Lipinski definition) is 5. The number of carbonyl (C=O) groups excluding carboxylic acids is 1. The number of hydrogen-bond donors (Lipinski definition) is 2. The van der Waals surface area contributed by atoms with Gasteiger partial charge in [0.15, 0.2) is 5.17 Å². The van der Waals surface area contributed by atoms with Crippen molar-refractivity contribution < 1.29 is 13.2 Å². The minimum Gasteiger partial charge on any atom is -0.333 e. The molecule has 1 amide bonds. The first-order valence-electron chi connectivity index (χ1n) is 7.56. The van der Waals surface area contributed by atoms with Crippen molar-refractivity contribution in [2.24, 2.45) is 4.40 Å². The number of benzene rings is 2. The summed E-state index contributed by atoms with van der Waals surface area (Å²) in [4.78, 5) is 12.2. The Bertz CT molecular complexity index is 969. The van der Waals surface area contributed by atoms with E-state index in [1.807, 2.05) is 32.0 Å². The van der Waals surface area contributed by atoms with E-state index in [0.717, 1.165) is 22.9 Å². The molecular weight excluding hydrogens is 358 g/mol. The molecule has 6 nitrogen and oxygen atoms in total. The number of fused-ring (bicyclic) bond motifs is 1. The number of amidine groups is 1. The Morgan fingerprint density at radius 1 is 1.16 bits per heavy atom. The Morgan fingerprint density at radius 2 is 1.92 bits per heavy atom. The molecule has 0 saturated carbocycles. The van der Waals surface area contributed by atoms with E-state index in [-0.39, 0.29) is 21.7 Å². The molecule has 25 heavy (non-hydrogen) atoms. The lowest BCUT2D eigenvalue weighted by molar-refractivity contribution is -0.113. The maximum Gasteiger partial charge on any atom is 0.286 e. The van der Waals surface area contributed by atoms with Crippen molar-refractivity contribution in [1.29, 1.82) is 0 Å². The quantitative estimate of drug-likeness (QED) is 0.860. The zero-order valence-electron chi connectivity index (χ0n) is 13.7. The molecule has 0 fully saturated rings. The normalized spacial score (nSPS) is 14.9. The molecule has 2 N–H and O–H groups in total. The van der Waals surface area contributed by atoms with Crippen LogP contribution in [0.4, 0.5) is 11.4 Å². The number of aryl methyl sites for hydroxylation is 2. The van der Waals surface area contributed by atoms with E-state index in [2.05, 4.69) is 15.0 Å². The molecule has 130 valence electrons. The van der Waals surface area contributed by atoms with Crippen LogP contribution >= 0.6 is 11.8 Å². The summed E-state index contributed by atoms with van der Waals surface area (Å²) in [6.45, 7) is 3.98. The van der Waals surface area contributed by atoms with Gasteiger partial charge in [0, 0.05) is 5.69 Å². The second-order valence-electron chi connectivity index (χ2n) is 5.63. The van der Waals surface area contributed by atoms with Gasteiger partial charge in [-0.25, -0.2) is 0 Å². The molecule has 8 heteroatoms. The SMILES string of the molecule is Cc1ccc(NC(=O)CSC2=NS(=O)(=O)c3ccccc3N2)cc1C. The van der Waals surface area contributed by atoms with E-state index in [9.17, 15) is 13.2 Å². The number of para-hydroxylation sites is 1. The fourth-order valence-corrected chi connectivity index (χ4v) is 4.34. The lowest BCUT2D eigenvalue weighted by atomic mass is 10.1. The molecule has 0 atom stereocenters. The fraction of sp³-hybridized carbons (Fsp3) is 0.176. The molecule has 3 rings (SSSR count). The monoisotopic (exact) mass is 375 g/mol. The molecule has 1 aliphatic heterocycles. The first-order chi connectivity index (χ1) is 11.8. The first kappa shape index (κ1) is 17.5. The van der Waals surface area contributed by atoms with Crippen molar-refractivity contribution in [3.8, 4) is 0 Å². The van der Waals surface area contributed by atoms with Crippen LogP contribution in [-0.2, 0) is 14.8 Å². The second-order valence-corrected chi connectivity index (χ2v) is 8.17. The van der Waals surface area contributed by atoms with Gasteiger partial charge in [0.25, 0.3) is 10.0 Å². The summed E-state index contributed by atoms with van der Waals surface area (Å²) in [5.74, 6) is -0.176. The van der Waals surface area contributed by atoms with E-state index in [0.29, 0.717) is 11.4 Å². The van der Waals surface area contributed by atoms with Crippen LogP contribution in [0.15, 0.2) is 51.8 Å². The molecule has 2 aromatic rings. The number of nitrogens with one attached hydrogen (secondary N) is 2. The molecule has 0 unspecified atom stereocenters. The molecule has 0 saturated heterocycles. The van der Waals surface area contributed by atoms with Gasteiger partial charge in [-0.2, -0.15) is 8.42 Å². The summed E-state index contributed by atoms with van der Waals surface area (Å²) in [6, 6.07) is 12.2. The van der Waals surface area contributed by atoms with Gasteiger partial charge in [-0.3, -0.25) is 4.79 Å². The van der Waals surface area contributed by atoms with Gasteiger partial charge in [0.1, 0.15) is 4.90 Å². The Balaban J connectivity index is 1.65. The second kappa shape index (κ2) is 6.89. The van der Waals surface area contributed by atoms with Gasteiger partial charge in [-0.1, -0.05) is 30.0 Å². The highest BCUT2D eigenvalue weighted by Crippen LogP contribution is 2.29. The van der Waals surface area contributed by atoms with Gasteiger partial charge in [-0.05, 0) is 49.2 Å². The number of carbonyl (C=O) groups is 1. The van der Waals surface area contributed by atoms with Crippen molar-refractivity contribution >= 4 is 44.2 Å². The van der Waals surface area contributed by atoms with Crippen LogP contribution < -0.4 is 10.6 Å². The van der Waals surface area contributed by atoms with E-state index in [4.69, 9.17) is 0 Å². The predicted octanol–water partition coefficient (Wildman–Crippen LogP) is 3.15. The lowest BCUT2D eigenvalue weighted by Gasteiger charge is -2.17. The molecule has 0 aliphatic carbocycles. The number of amides is 1. The van der Waals surface area contributed by atoms with Crippen molar-refractivity contribution in [1.82, 2.24) is 0 Å². The molecule has 1 heterocycles. The maximum absolute atomic E-state index is 12.1. The number of nitrogens with zero attached hydrogens (tertiary/aromatic N) is 1. The Hall–Kier alpha value is -2.32. The zero-order chi connectivity index (χ0) is 18.0. The number of anilines is 2. The predicted molar refractivity (Wildman–Crippen MR) is 102 cm³/mol. The molecular formula is C17H17N3O3S2. The van der Waals surface area contributed by atoms with E-state index in [1.54, 1.807) is 18.2 Å². The fourth-order valence-electron chi connectivity index (χ4n) is 2.30. The third-order valence-electron chi connectivity index (χ3n) is 3.74. The molecule has 2 aromatic carbocycles. The van der Waals surface area contributed by atoms with Crippen LogP contribution in [0.25, 0.3) is 0 Å². The molecule has 0 radical (unpaired) electrons. The van der Waals surface area contributed by atoms with Crippen molar-refractivity contribution in [2.75, 3.05) is 16.4 Å². The van der Waals surface area contributed by atoms with Gasteiger partial charge < -0.3 is 10.6 Å². The molecule has 0 bridgehead atoms. The van der Waals surface area contributed by atoms with Crippen LogP contribution in [0.2, 0.25) is 0 Å². The summed E-state index contributed by atoms with van der Waals surface area (Å²) >= 11 is 1.05. The highest BCUT2D eigenvalue weighted by Gasteiger charge is 2.24. The van der Waals surface area contributed by atoms with E-state index < -0.39 is 10.0 Å². The van der Waals surface area contributed by atoms with Gasteiger partial charge >= 0.3 is 0 Å². The Kier molecular flexibility index (Phi) is 4.82. The largest absolute Gasteiger partial charge is 0.333 e. The number of rotatable bonds is 3. The number of sulfonamides is 1. The maximum atomic E-state index is 12.1. The van der Waals surface area contributed by atoms with Crippen LogP contribution in [0.3, 0.4) is 0 Å². The summed E-state index contributed by atoms with van der Waals surface area (Å²) in [6.07, 6.45) is 0. The highest BCUT2D eigenvalue weighted by atomic mass is 32.2. The Morgan fingerprint density at radius 3 is 2.68 bits per heavy atom. The van der Waals surface area contributed by atoms with Crippen molar-refractivity contribution in [3.05, 3.63) is 53.6 Å². The van der Waals surface area contributed by atoms with E-state index in [1.165, 1.54) is 6.07 Å². The number of thioether (sulfide) groups is 1. The van der Waals surface area contributed by atoms with Crippen LogP contribution in [0.5, 0.6) is 0 Å². The summed E-state index contributed by atoms with van der Waals surface area (Å²) in [5, 5.41) is 5.93. The van der Waals surface area contributed by atoms with Crippen molar-refractivity contribution in [3.63, 3.8) is 0 Å². The zero-order valence-corrected chi connectivity index (χ0v) is 15.4. The summed E-state index contributed by atoms with van der Waals surface area (Å²) < 4.78 is 28.0. The van der Waals surface area contributed by atoms with Crippen LogP contribution in [0, 0.1) is 13.8 Å². The lowest BCUT2D eigenvalue weighted by Crippen LogP contribution is -2.22. The molecule has 0 aromatic heterocycles. The average molecular weight is 375 g/mol. The summed E-state index contributed by atoms with van der Waals surface area (Å²) in [7, 11) is -3.74. The Labute approximate surface area is 150 Å². The first-order valence-corrected chi connectivity index (χ1v) is 9.99. The molecule has 1 aliphatic rings. The minimum atomic E-state index is -3.74. The summed E-state index contributed by atoms with van der Waals surface area (Å²) in [5.41, 5.74) is 3.42. The highest BCUT2D eigenvalue weighted by molar-refractivity contribution is 8.15. The van der Waals surface area contributed by atoms with Gasteiger partial charge in [-0.15, -0.1) is 4.40 Å². The molecule has 0 spiro atoms. The standard InChI is InChI=1S/C17H17N3O3S2/c1-11-7-8-13(9-12(11)2)18-16(21)10-24-17-19-14-5-3-4-6-15(14)25(22,23)20-17/h3-9H,10H2,1-2H3,(H,18,21)(H,19,20). The third kappa shape index (κ3) is 4.02. The van der Waals surface area contributed by atoms with Gasteiger partial charge in [0.2, 0.25) is 5.91 Å². The van der Waals surface area contributed by atoms with Gasteiger partial charge in [0.05, 0.1) is 11.4 Å². The van der Waals surface area contributed by atoms with Crippen LogP contribution in [-0.4, -0.2) is 25.2 Å². The smallest absolute Gasteiger partial charge is 0.286 e. The third-order valence-corrected chi connectivity index (χ3v) is 6.06.